The molecule has 0 bridgehead atoms. The molecule has 2 aromatic carbocycles. The predicted octanol–water partition coefficient (Wildman–Crippen LogP) is 4.20. The van der Waals surface area contributed by atoms with Gasteiger partial charge in [0.15, 0.2) is 0 Å². The molecule has 156 valence electrons. The van der Waals surface area contributed by atoms with E-state index in [1.165, 1.54) is 54.9 Å². The van der Waals surface area contributed by atoms with Crippen molar-refractivity contribution in [1.29, 1.82) is 0 Å². The SMILES string of the molecule is Cc1ccc(N2CCN(Cc3cccc(N(C)CN4CCCCC4)c3)CC2)cc1. The van der Waals surface area contributed by atoms with Gasteiger partial charge in [-0.1, -0.05) is 36.2 Å². The van der Waals surface area contributed by atoms with E-state index in [2.05, 4.69) is 82.1 Å². The summed E-state index contributed by atoms with van der Waals surface area (Å²) in [6.07, 6.45) is 4.10. The van der Waals surface area contributed by atoms with Crippen molar-refractivity contribution in [3.05, 3.63) is 59.7 Å². The van der Waals surface area contributed by atoms with Gasteiger partial charge in [0, 0.05) is 51.1 Å². The summed E-state index contributed by atoms with van der Waals surface area (Å²) in [5.74, 6) is 0. The third kappa shape index (κ3) is 5.52. The van der Waals surface area contributed by atoms with Crippen molar-refractivity contribution in [3.63, 3.8) is 0 Å². The lowest BCUT2D eigenvalue weighted by Crippen LogP contribution is -2.46. The normalized spacial score (nSPS) is 18.8. The average molecular weight is 393 g/mol. The second kappa shape index (κ2) is 9.64. The maximum atomic E-state index is 2.59. The number of piperazine rings is 1. The Morgan fingerprint density at radius 3 is 2.24 bits per heavy atom. The van der Waals surface area contributed by atoms with Gasteiger partial charge in [0.1, 0.15) is 0 Å². The highest BCUT2D eigenvalue weighted by Gasteiger charge is 2.18. The van der Waals surface area contributed by atoms with Gasteiger partial charge in [0.25, 0.3) is 0 Å². The monoisotopic (exact) mass is 392 g/mol. The molecule has 0 saturated carbocycles. The molecular formula is C25H36N4. The van der Waals surface area contributed by atoms with Crippen molar-refractivity contribution in [2.24, 2.45) is 0 Å². The Labute approximate surface area is 176 Å². The molecule has 0 unspecified atom stereocenters. The van der Waals surface area contributed by atoms with Crippen molar-refractivity contribution in [1.82, 2.24) is 9.80 Å². The Morgan fingerprint density at radius 2 is 1.52 bits per heavy atom. The fourth-order valence-electron chi connectivity index (χ4n) is 4.55. The summed E-state index contributed by atoms with van der Waals surface area (Å²) in [5, 5.41) is 0. The summed E-state index contributed by atoms with van der Waals surface area (Å²) in [4.78, 5) is 10.1. The Balaban J connectivity index is 1.29. The highest BCUT2D eigenvalue weighted by atomic mass is 15.3. The molecule has 0 aromatic heterocycles. The lowest BCUT2D eigenvalue weighted by molar-refractivity contribution is 0.231. The fourth-order valence-corrected chi connectivity index (χ4v) is 4.55. The van der Waals surface area contributed by atoms with E-state index in [9.17, 15) is 0 Å². The summed E-state index contributed by atoms with van der Waals surface area (Å²) in [7, 11) is 2.23. The van der Waals surface area contributed by atoms with Crippen LogP contribution in [0.3, 0.4) is 0 Å². The highest BCUT2D eigenvalue weighted by molar-refractivity contribution is 5.49. The van der Waals surface area contributed by atoms with Gasteiger partial charge in [-0.15, -0.1) is 0 Å². The average Bonchev–Trinajstić information content (AvgIpc) is 2.76. The smallest absolute Gasteiger partial charge is 0.0703 e. The van der Waals surface area contributed by atoms with Crippen molar-refractivity contribution >= 4 is 11.4 Å². The van der Waals surface area contributed by atoms with Crippen LogP contribution in [0.15, 0.2) is 48.5 Å². The van der Waals surface area contributed by atoms with E-state index in [0.29, 0.717) is 0 Å². The van der Waals surface area contributed by atoms with Crippen LogP contribution in [0.25, 0.3) is 0 Å². The van der Waals surface area contributed by atoms with E-state index in [1.807, 2.05) is 0 Å². The molecule has 2 saturated heterocycles. The van der Waals surface area contributed by atoms with Gasteiger partial charge in [0.05, 0.1) is 6.67 Å². The summed E-state index contributed by atoms with van der Waals surface area (Å²) >= 11 is 0. The molecule has 4 nitrogen and oxygen atoms in total. The van der Waals surface area contributed by atoms with Crippen LogP contribution < -0.4 is 9.80 Å². The Bertz CT molecular complexity index is 759. The lowest BCUT2D eigenvalue weighted by Gasteiger charge is -2.36. The number of nitrogens with zero attached hydrogens (tertiary/aromatic N) is 4. The first kappa shape index (κ1) is 20.2. The molecule has 2 aliphatic heterocycles. The molecule has 0 radical (unpaired) electrons. The molecule has 2 fully saturated rings. The van der Waals surface area contributed by atoms with Crippen LogP contribution in [-0.4, -0.2) is 62.8 Å². The number of hydrogen-bond acceptors (Lipinski definition) is 4. The highest BCUT2D eigenvalue weighted by Crippen LogP contribution is 2.20. The summed E-state index contributed by atoms with van der Waals surface area (Å²) in [6.45, 7) is 11.2. The first-order chi connectivity index (χ1) is 14.2. The molecular weight excluding hydrogens is 356 g/mol. The molecule has 0 atom stereocenters. The molecule has 4 rings (SSSR count). The number of aryl methyl sites for hydroxylation is 1. The number of piperidine rings is 1. The minimum atomic E-state index is 1.04. The van der Waals surface area contributed by atoms with Gasteiger partial charge in [-0.3, -0.25) is 9.80 Å². The van der Waals surface area contributed by atoms with Crippen LogP contribution in [0.4, 0.5) is 11.4 Å². The molecule has 29 heavy (non-hydrogen) atoms. The van der Waals surface area contributed by atoms with Crippen LogP contribution in [-0.2, 0) is 6.54 Å². The molecule has 0 spiro atoms. The zero-order valence-electron chi connectivity index (χ0n) is 18.2. The Kier molecular flexibility index (Phi) is 6.73. The van der Waals surface area contributed by atoms with Gasteiger partial charge >= 0.3 is 0 Å². The molecule has 0 amide bonds. The molecule has 0 N–H and O–H groups in total. The van der Waals surface area contributed by atoms with Crippen LogP contribution in [0.5, 0.6) is 0 Å². The number of likely N-dealkylation sites (tertiary alicyclic amines) is 1. The largest absolute Gasteiger partial charge is 0.369 e. The lowest BCUT2D eigenvalue weighted by atomic mass is 10.1. The van der Waals surface area contributed by atoms with Gasteiger partial charge < -0.3 is 9.80 Å². The van der Waals surface area contributed by atoms with E-state index in [1.54, 1.807) is 0 Å². The van der Waals surface area contributed by atoms with Crippen LogP contribution in [0.2, 0.25) is 0 Å². The first-order valence-electron chi connectivity index (χ1n) is 11.2. The number of rotatable bonds is 6. The van der Waals surface area contributed by atoms with Crippen LogP contribution in [0, 0.1) is 6.92 Å². The van der Waals surface area contributed by atoms with Gasteiger partial charge in [0.2, 0.25) is 0 Å². The van der Waals surface area contributed by atoms with Crippen molar-refractivity contribution < 1.29 is 0 Å². The minimum absolute atomic E-state index is 1.04. The van der Waals surface area contributed by atoms with Gasteiger partial charge in [-0.05, 0) is 62.7 Å². The second-order valence-corrected chi connectivity index (χ2v) is 8.79. The zero-order chi connectivity index (χ0) is 20.1. The van der Waals surface area contributed by atoms with Crippen molar-refractivity contribution in [2.75, 3.05) is 62.8 Å². The molecule has 4 heteroatoms. The fraction of sp³-hybridized carbons (Fsp3) is 0.520. The summed E-state index contributed by atoms with van der Waals surface area (Å²) in [6, 6.07) is 18.1. The van der Waals surface area contributed by atoms with E-state index < -0.39 is 0 Å². The summed E-state index contributed by atoms with van der Waals surface area (Å²) < 4.78 is 0. The number of anilines is 2. The Hall–Kier alpha value is -2.04. The third-order valence-corrected chi connectivity index (χ3v) is 6.39. The molecule has 2 aliphatic rings. The maximum Gasteiger partial charge on any atom is 0.0703 e. The van der Waals surface area contributed by atoms with Crippen molar-refractivity contribution in [3.8, 4) is 0 Å². The topological polar surface area (TPSA) is 13.0 Å². The zero-order valence-corrected chi connectivity index (χ0v) is 18.2. The first-order valence-corrected chi connectivity index (χ1v) is 11.2. The maximum absolute atomic E-state index is 2.59. The van der Waals surface area contributed by atoms with Crippen LogP contribution >= 0.6 is 0 Å². The Morgan fingerprint density at radius 1 is 0.793 bits per heavy atom. The second-order valence-electron chi connectivity index (χ2n) is 8.79. The van der Waals surface area contributed by atoms with E-state index in [4.69, 9.17) is 0 Å². The van der Waals surface area contributed by atoms with Crippen LogP contribution in [0.1, 0.15) is 30.4 Å². The number of hydrogen-bond donors (Lipinski definition) is 0. The van der Waals surface area contributed by atoms with E-state index >= 15 is 0 Å². The van der Waals surface area contributed by atoms with E-state index in [-0.39, 0.29) is 0 Å². The van der Waals surface area contributed by atoms with E-state index in [0.717, 1.165) is 39.4 Å². The standard InChI is InChI=1S/C25H36N4/c1-22-9-11-24(12-10-22)29-17-15-27(16-18-29)20-23-7-6-8-25(19-23)26(2)21-28-13-4-3-5-14-28/h6-12,19H,3-5,13-18,20-21H2,1-2H3. The van der Waals surface area contributed by atoms with Gasteiger partial charge in [-0.25, -0.2) is 0 Å². The third-order valence-electron chi connectivity index (χ3n) is 6.39. The molecule has 0 aliphatic carbocycles. The minimum Gasteiger partial charge on any atom is -0.369 e. The predicted molar refractivity (Wildman–Crippen MR) is 124 cm³/mol. The molecule has 2 aromatic rings. The molecule has 2 heterocycles. The van der Waals surface area contributed by atoms with Crippen molar-refractivity contribution in [2.45, 2.75) is 32.7 Å². The quantitative estimate of drug-likeness (QED) is 0.730. The summed E-state index contributed by atoms with van der Waals surface area (Å²) in [5.41, 5.74) is 5.46. The van der Waals surface area contributed by atoms with Gasteiger partial charge in [-0.2, -0.15) is 0 Å². The number of benzene rings is 2.